The first-order valence-electron chi connectivity index (χ1n) is 16.5. The molecule has 18 nitrogen and oxygen atoms in total. The summed E-state index contributed by atoms with van der Waals surface area (Å²) in [5.74, 6) is -2.49. The second-order valence-electron chi connectivity index (χ2n) is 11.7. The minimum absolute atomic E-state index is 0.144. The molecule has 0 aliphatic carbocycles. The second kappa shape index (κ2) is 23.3. The van der Waals surface area contributed by atoms with Crippen LogP contribution >= 0.6 is 0 Å². The monoisotopic (exact) mass is 720 g/mol. The molecule has 0 aromatic carbocycles. The van der Waals surface area contributed by atoms with Gasteiger partial charge in [0.05, 0.1) is 12.6 Å². The summed E-state index contributed by atoms with van der Waals surface area (Å²) in [6.07, 6.45) is -2.95. The largest absolute Gasteiger partial charge is 0.463 e. The van der Waals surface area contributed by atoms with E-state index < -0.39 is 79.1 Å². The van der Waals surface area contributed by atoms with Gasteiger partial charge in [-0.1, -0.05) is 0 Å². The predicted molar refractivity (Wildman–Crippen MR) is 169 cm³/mol. The van der Waals surface area contributed by atoms with Crippen LogP contribution < -0.4 is 10.6 Å². The van der Waals surface area contributed by atoms with Gasteiger partial charge in [-0.15, -0.1) is 0 Å². The Kier molecular flexibility index (Phi) is 20.0. The smallest absolute Gasteiger partial charge is 0.303 e. The lowest BCUT2D eigenvalue weighted by Gasteiger charge is -2.39. The standard InChI is InChI=1S/C32H52N2O16/c1-19(36)44-16-26-31(47-21(3)38)24(41-5)13-29(49-26)43-12-11-33-23(15-35)9-7-8-10-34-28(40)18-46-30-14-25(42-6)32(48-22(4)39)27(50-30)17-45-20(2)37/h15,23-27,29-33H,7-14,16-18H2,1-6H3,(H,34,40). The fourth-order valence-electron chi connectivity index (χ4n) is 5.40. The van der Waals surface area contributed by atoms with Gasteiger partial charge in [-0.2, -0.15) is 0 Å². The summed E-state index contributed by atoms with van der Waals surface area (Å²) >= 11 is 0. The van der Waals surface area contributed by atoms with Crippen LogP contribution in [0.25, 0.3) is 0 Å². The summed E-state index contributed by atoms with van der Waals surface area (Å²) < 4.78 is 54.8. The third kappa shape index (κ3) is 16.2. The van der Waals surface area contributed by atoms with Gasteiger partial charge in [0, 0.05) is 67.8 Å². The third-order valence-electron chi connectivity index (χ3n) is 7.72. The molecular formula is C32H52N2O16. The number of unbranched alkanes of at least 4 members (excludes halogenated alkanes) is 1. The molecule has 2 aliphatic heterocycles. The molecule has 0 aromatic heterocycles. The van der Waals surface area contributed by atoms with Gasteiger partial charge in [0.2, 0.25) is 5.91 Å². The van der Waals surface area contributed by atoms with Crippen LogP contribution in [0.2, 0.25) is 0 Å². The van der Waals surface area contributed by atoms with Gasteiger partial charge in [-0.3, -0.25) is 24.0 Å². The highest BCUT2D eigenvalue weighted by Crippen LogP contribution is 2.27. The number of ether oxygens (including phenoxy) is 10. The SMILES string of the molecule is COC1CC(OCCNC(C=O)CCCCNC(=O)COC2CC(OC)C(OC(C)=O)C(COC(C)=O)O2)OC(COC(C)=O)C1OC(C)=O. The minimum atomic E-state index is -0.868. The van der Waals surface area contributed by atoms with Crippen molar-refractivity contribution in [3.63, 3.8) is 0 Å². The zero-order chi connectivity index (χ0) is 37.1. The molecule has 9 unspecified atom stereocenters. The zero-order valence-corrected chi connectivity index (χ0v) is 29.6. The Morgan fingerprint density at radius 3 is 1.72 bits per heavy atom. The van der Waals surface area contributed by atoms with Gasteiger partial charge < -0.3 is 62.8 Å². The maximum atomic E-state index is 12.4. The maximum absolute atomic E-state index is 12.4. The van der Waals surface area contributed by atoms with E-state index in [-0.39, 0.29) is 45.2 Å². The number of hydrogen-bond acceptors (Lipinski definition) is 17. The Morgan fingerprint density at radius 1 is 0.740 bits per heavy atom. The Balaban J connectivity index is 1.68. The third-order valence-corrected chi connectivity index (χ3v) is 7.72. The van der Waals surface area contributed by atoms with Crippen LogP contribution in [0.3, 0.4) is 0 Å². The van der Waals surface area contributed by atoms with E-state index >= 15 is 0 Å². The first kappa shape index (κ1) is 42.9. The Hall–Kier alpha value is -3.26. The van der Waals surface area contributed by atoms with Crippen molar-refractivity contribution in [2.24, 2.45) is 0 Å². The van der Waals surface area contributed by atoms with Gasteiger partial charge in [-0.25, -0.2) is 0 Å². The molecule has 2 aliphatic rings. The lowest BCUT2D eigenvalue weighted by atomic mass is 10.0. The van der Waals surface area contributed by atoms with Crippen LogP contribution in [-0.4, -0.2) is 145 Å². The van der Waals surface area contributed by atoms with E-state index in [0.717, 1.165) is 6.29 Å². The number of esters is 4. The molecule has 50 heavy (non-hydrogen) atoms. The molecule has 2 heterocycles. The fourth-order valence-corrected chi connectivity index (χ4v) is 5.40. The molecule has 2 fully saturated rings. The molecule has 0 bridgehead atoms. The molecule has 0 aromatic rings. The molecule has 18 heteroatoms. The number of carbonyl (C=O) groups is 6. The molecule has 1 amide bonds. The highest BCUT2D eigenvalue weighted by molar-refractivity contribution is 5.77. The number of rotatable bonds is 22. The number of amides is 1. The van der Waals surface area contributed by atoms with Crippen molar-refractivity contribution >= 4 is 36.1 Å². The van der Waals surface area contributed by atoms with E-state index in [1.807, 2.05) is 0 Å². The predicted octanol–water partition coefficient (Wildman–Crippen LogP) is -0.287. The first-order chi connectivity index (χ1) is 23.9. The lowest BCUT2D eigenvalue weighted by molar-refractivity contribution is -0.265. The summed E-state index contributed by atoms with van der Waals surface area (Å²) in [5.41, 5.74) is 0. The highest BCUT2D eigenvalue weighted by atomic mass is 16.7. The van der Waals surface area contributed by atoms with Crippen molar-refractivity contribution in [2.45, 2.75) is 115 Å². The van der Waals surface area contributed by atoms with Crippen molar-refractivity contribution in [3.8, 4) is 0 Å². The first-order valence-corrected chi connectivity index (χ1v) is 16.5. The highest BCUT2D eigenvalue weighted by Gasteiger charge is 2.43. The summed E-state index contributed by atoms with van der Waals surface area (Å²) in [4.78, 5) is 69.8. The molecule has 2 N–H and O–H groups in total. The summed E-state index contributed by atoms with van der Waals surface area (Å²) in [5, 5.41) is 5.87. The van der Waals surface area contributed by atoms with E-state index in [9.17, 15) is 28.8 Å². The molecule has 0 saturated carbocycles. The van der Waals surface area contributed by atoms with Gasteiger partial charge >= 0.3 is 23.9 Å². The molecule has 2 saturated heterocycles. The van der Waals surface area contributed by atoms with Crippen LogP contribution in [0.4, 0.5) is 0 Å². The Morgan fingerprint density at radius 2 is 1.26 bits per heavy atom. The van der Waals surface area contributed by atoms with Gasteiger partial charge in [0.15, 0.2) is 24.8 Å². The summed E-state index contributed by atoms with van der Waals surface area (Å²) in [6, 6.07) is -0.436. The topological polar surface area (TPSA) is 219 Å². The molecule has 2 rings (SSSR count). The van der Waals surface area contributed by atoms with Crippen LogP contribution in [-0.2, 0) is 76.1 Å². The minimum Gasteiger partial charge on any atom is -0.463 e. The lowest BCUT2D eigenvalue weighted by Crippen LogP contribution is -2.53. The Labute approximate surface area is 291 Å². The van der Waals surface area contributed by atoms with Crippen molar-refractivity contribution in [2.75, 3.05) is 53.7 Å². The molecule has 0 spiro atoms. The molecular weight excluding hydrogens is 668 g/mol. The average Bonchev–Trinajstić information content (AvgIpc) is 3.06. The number of aldehydes is 1. The van der Waals surface area contributed by atoms with E-state index in [4.69, 9.17) is 47.4 Å². The van der Waals surface area contributed by atoms with Crippen LogP contribution in [0.15, 0.2) is 0 Å². The van der Waals surface area contributed by atoms with E-state index in [2.05, 4.69) is 10.6 Å². The van der Waals surface area contributed by atoms with E-state index in [0.29, 0.717) is 32.4 Å². The van der Waals surface area contributed by atoms with Gasteiger partial charge in [-0.05, 0) is 19.3 Å². The van der Waals surface area contributed by atoms with Crippen LogP contribution in [0, 0.1) is 0 Å². The van der Waals surface area contributed by atoms with Crippen LogP contribution in [0.1, 0.15) is 59.8 Å². The van der Waals surface area contributed by atoms with Crippen molar-refractivity contribution in [1.29, 1.82) is 0 Å². The number of nitrogens with one attached hydrogen (secondary N) is 2. The number of hydrogen-bond donors (Lipinski definition) is 2. The zero-order valence-electron chi connectivity index (χ0n) is 29.6. The fraction of sp³-hybridized carbons (Fsp3) is 0.812. The van der Waals surface area contributed by atoms with Crippen LogP contribution in [0.5, 0.6) is 0 Å². The normalized spacial score (nSPS) is 27.0. The molecule has 9 atom stereocenters. The quantitative estimate of drug-likeness (QED) is 0.0635. The summed E-state index contributed by atoms with van der Waals surface area (Å²) in [7, 11) is 2.91. The maximum Gasteiger partial charge on any atom is 0.303 e. The Bertz CT molecular complexity index is 1090. The van der Waals surface area contributed by atoms with Gasteiger partial charge in [0.1, 0.15) is 50.5 Å². The average molecular weight is 721 g/mol. The molecule has 286 valence electrons. The number of methoxy groups -OCH3 is 2. The van der Waals surface area contributed by atoms with Crippen molar-refractivity contribution in [1.82, 2.24) is 10.6 Å². The number of carbonyl (C=O) groups excluding carboxylic acids is 6. The second-order valence-corrected chi connectivity index (χ2v) is 11.7. The van der Waals surface area contributed by atoms with Crippen molar-refractivity contribution < 1.29 is 76.1 Å². The van der Waals surface area contributed by atoms with Crippen molar-refractivity contribution in [3.05, 3.63) is 0 Å². The van der Waals surface area contributed by atoms with E-state index in [1.165, 1.54) is 41.9 Å². The van der Waals surface area contributed by atoms with Gasteiger partial charge in [0.25, 0.3) is 0 Å². The van der Waals surface area contributed by atoms with E-state index in [1.54, 1.807) is 0 Å². The molecule has 0 radical (unpaired) electrons. The summed E-state index contributed by atoms with van der Waals surface area (Å²) in [6.45, 7) is 5.27.